The van der Waals surface area contributed by atoms with Gasteiger partial charge in [-0.2, -0.15) is 0 Å². The first-order valence-corrected chi connectivity index (χ1v) is 5.09. The molecule has 0 bridgehead atoms. The largest absolute Gasteiger partial charge is 0.250 e. The summed E-state index contributed by atoms with van der Waals surface area (Å²) in [6.45, 7) is 4.54. The summed E-state index contributed by atoms with van der Waals surface area (Å²) in [6, 6.07) is 0. The lowest BCUT2D eigenvalue weighted by Gasteiger charge is -2.04. The van der Waals surface area contributed by atoms with Crippen LogP contribution in [0.3, 0.4) is 0 Å². The second kappa shape index (κ2) is 4.50. The predicted molar refractivity (Wildman–Crippen MR) is 49.9 cm³/mol. The molecule has 1 aromatic heterocycles. The Morgan fingerprint density at radius 1 is 1.64 bits per heavy atom. The third-order valence-electron chi connectivity index (χ3n) is 2.03. The summed E-state index contributed by atoms with van der Waals surface area (Å²) in [5, 5.41) is 3.33. The van der Waals surface area contributed by atoms with Crippen LogP contribution in [0.1, 0.15) is 31.7 Å². The van der Waals surface area contributed by atoms with E-state index in [-0.39, 0.29) is 0 Å². The molecule has 2 heteroatoms. The number of rotatable bonds is 4. The van der Waals surface area contributed by atoms with Gasteiger partial charge in [0.05, 0.1) is 5.01 Å². The van der Waals surface area contributed by atoms with Gasteiger partial charge in [-0.15, -0.1) is 11.3 Å². The lowest BCUT2D eigenvalue weighted by Crippen LogP contribution is -1.94. The van der Waals surface area contributed by atoms with E-state index < -0.39 is 0 Å². The Hall–Kier alpha value is -0.370. The topological polar surface area (TPSA) is 12.9 Å². The Morgan fingerprint density at radius 3 is 3.00 bits per heavy atom. The van der Waals surface area contributed by atoms with Crippen LogP contribution >= 0.6 is 11.3 Å². The minimum Gasteiger partial charge on any atom is -0.250 e. The van der Waals surface area contributed by atoms with Crippen molar-refractivity contribution in [1.29, 1.82) is 0 Å². The van der Waals surface area contributed by atoms with Gasteiger partial charge in [0.25, 0.3) is 0 Å². The molecule has 0 aliphatic rings. The van der Waals surface area contributed by atoms with E-state index in [4.69, 9.17) is 0 Å². The van der Waals surface area contributed by atoms with Crippen LogP contribution in [0, 0.1) is 5.92 Å². The molecule has 0 aliphatic carbocycles. The minimum absolute atomic E-state index is 0.846. The van der Waals surface area contributed by atoms with Crippen molar-refractivity contribution in [1.82, 2.24) is 4.98 Å². The number of thiazole rings is 1. The van der Waals surface area contributed by atoms with Crippen LogP contribution in [-0.2, 0) is 6.42 Å². The summed E-state index contributed by atoms with van der Waals surface area (Å²) < 4.78 is 0. The molecule has 0 radical (unpaired) electrons. The minimum atomic E-state index is 0.846. The van der Waals surface area contributed by atoms with Gasteiger partial charge in [-0.3, -0.25) is 0 Å². The molecule has 1 aromatic rings. The monoisotopic (exact) mass is 169 g/mol. The Morgan fingerprint density at radius 2 is 2.45 bits per heavy atom. The molecule has 0 N–H and O–H groups in total. The van der Waals surface area contributed by atoms with E-state index >= 15 is 0 Å². The van der Waals surface area contributed by atoms with E-state index in [9.17, 15) is 0 Å². The maximum absolute atomic E-state index is 4.24. The van der Waals surface area contributed by atoms with Gasteiger partial charge < -0.3 is 0 Å². The number of aromatic nitrogens is 1. The lowest BCUT2D eigenvalue weighted by molar-refractivity contribution is 0.516. The van der Waals surface area contributed by atoms with Crippen molar-refractivity contribution in [3.63, 3.8) is 0 Å². The van der Waals surface area contributed by atoms with E-state index in [1.165, 1.54) is 17.8 Å². The Bertz CT molecular complexity index is 181. The molecule has 0 saturated heterocycles. The first-order chi connectivity index (χ1) is 5.33. The van der Waals surface area contributed by atoms with Gasteiger partial charge in [-0.05, 0) is 18.8 Å². The molecule has 62 valence electrons. The smallest absolute Gasteiger partial charge is 0.0924 e. The summed E-state index contributed by atoms with van der Waals surface area (Å²) in [5.74, 6) is 0.846. The molecule has 0 aromatic carbocycles. The fraction of sp³-hybridized carbons (Fsp3) is 0.667. The molecule has 11 heavy (non-hydrogen) atoms. The van der Waals surface area contributed by atoms with Gasteiger partial charge in [-0.1, -0.05) is 20.3 Å². The molecule has 0 saturated carbocycles. The van der Waals surface area contributed by atoms with Crippen molar-refractivity contribution in [2.75, 3.05) is 0 Å². The standard InChI is InChI=1S/C9H15NS/c1-3-8(2)4-5-9-10-6-7-11-9/h6-8H,3-5H2,1-2H3. The molecule has 1 unspecified atom stereocenters. The van der Waals surface area contributed by atoms with Gasteiger partial charge >= 0.3 is 0 Å². The second-order valence-corrected chi connectivity index (χ2v) is 3.96. The van der Waals surface area contributed by atoms with Crippen LogP contribution in [0.4, 0.5) is 0 Å². The molecule has 0 spiro atoms. The number of nitrogens with zero attached hydrogens (tertiary/aromatic N) is 1. The van der Waals surface area contributed by atoms with Crippen molar-refractivity contribution in [2.24, 2.45) is 5.92 Å². The summed E-state index contributed by atoms with van der Waals surface area (Å²) in [7, 11) is 0. The highest BCUT2D eigenvalue weighted by Gasteiger charge is 2.00. The number of aryl methyl sites for hydroxylation is 1. The average molecular weight is 169 g/mol. The number of hydrogen-bond donors (Lipinski definition) is 0. The summed E-state index contributed by atoms with van der Waals surface area (Å²) in [4.78, 5) is 4.24. The third-order valence-corrected chi connectivity index (χ3v) is 2.87. The quantitative estimate of drug-likeness (QED) is 0.675. The fourth-order valence-corrected chi connectivity index (χ4v) is 1.59. The zero-order chi connectivity index (χ0) is 8.10. The van der Waals surface area contributed by atoms with Crippen molar-refractivity contribution in [3.05, 3.63) is 16.6 Å². The number of hydrogen-bond acceptors (Lipinski definition) is 2. The maximum Gasteiger partial charge on any atom is 0.0924 e. The molecule has 0 amide bonds. The highest BCUT2D eigenvalue weighted by atomic mass is 32.1. The van der Waals surface area contributed by atoms with E-state index in [0.717, 1.165) is 12.3 Å². The molecule has 1 rings (SSSR count). The molecule has 0 fully saturated rings. The van der Waals surface area contributed by atoms with Crippen LogP contribution in [0.5, 0.6) is 0 Å². The van der Waals surface area contributed by atoms with Crippen molar-refractivity contribution in [2.45, 2.75) is 33.1 Å². The molecular weight excluding hydrogens is 154 g/mol. The van der Waals surface area contributed by atoms with Crippen LogP contribution in [0.15, 0.2) is 11.6 Å². The summed E-state index contributed by atoms with van der Waals surface area (Å²) >= 11 is 1.76. The maximum atomic E-state index is 4.24. The average Bonchev–Trinajstić information content (AvgIpc) is 2.52. The molecule has 0 aliphatic heterocycles. The second-order valence-electron chi connectivity index (χ2n) is 2.98. The highest BCUT2D eigenvalue weighted by Crippen LogP contribution is 2.13. The molecule has 1 atom stereocenters. The van der Waals surface area contributed by atoms with Gasteiger partial charge in [0.1, 0.15) is 0 Å². The Labute approximate surface area is 72.5 Å². The van der Waals surface area contributed by atoms with Crippen LogP contribution in [0.25, 0.3) is 0 Å². The predicted octanol–water partition coefficient (Wildman–Crippen LogP) is 3.12. The third kappa shape index (κ3) is 3.02. The molecule has 1 nitrogen and oxygen atoms in total. The Kier molecular flexibility index (Phi) is 3.57. The van der Waals surface area contributed by atoms with Crippen molar-refractivity contribution < 1.29 is 0 Å². The van der Waals surface area contributed by atoms with Gasteiger partial charge in [-0.25, -0.2) is 4.98 Å². The first kappa shape index (κ1) is 8.72. The summed E-state index contributed by atoms with van der Waals surface area (Å²) in [5.41, 5.74) is 0. The zero-order valence-corrected chi connectivity index (χ0v) is 8.03. The van der Waals surface area contributed by atoms with E-state index in [0.29, 0.717) is 0 Å². The molecular formula is C9H15NS. The highest BCUT2D eigenvalue weighted by molar-refractivity contribution is 7.09. The van der Waals surface area contributed by atoms with Crippen molar-refractivity contribution >= 4 is 11.3 Å². The van der Waals surface area contributed by atoms with E-state index in [1.54, 1.807) is 11.3 Å². The van der Waals surface area contributed by atoms with Crippen LogP contribution in [-0.4, -0.2) is 4.98 Å². The van der Waals surface area contributed by atoms with Crippen molar-refractivity contribution in [3.8, 4) is 0 Å². The van der Waals surface area contributed by atoms with Gasteiger partial charge in [0, 0.05) is 11.6 Å². The molecule has 1 heterocycles. The van der Waals surface area contributed by atoms with E-state index in [2.05, 4.69) is 18.8 Å². The summed E-state index contributed by atoms with van der Waals surface area (Å²) in [6.07, 6.45) is 5.61. The van der Waals surface area contributed by atoms with Crippen LogP contribution < -0.4 is 0 Å². The lowest BCUT2D eigenvalue weighted by atomic mass is 10.0. The first-order valence-electron chi connectivity index (χ1n) is 4.21. The fourth-order valence-electron chi connectivity index (χ4n) is 0.950. The van der Waals surface area contributed by atoms with Gasteiger partial charge in [0.15, 0.2) is 0 Å². The zero-order valence-electron chi connectivity index (χ0n) is 7.21. The SMILES string of the molecule is CCC(C)CCc1nccs1. The van der Waals surface area contributed by atoms with E-state index in [1.807, 2.05) is 11.6 Å². The normalized spacial score (nSPS) is 13.3. The Balaban J connectivity index is 2.23. The van der Waals surface area contributed by atoms with Gasteiger partial charge in [0.2, 0.25) is 0 Å². The van der Waals surface area contributed by atoms with Crippen LogP contribution in [0.2, 0.25) is 0 Å².